The van der Waals surface area contributed by atoms with Crippen LogP contribution in [0.5, 0.6) is 0 Å². The molecule has 0 N–H and O–H groups in total. The van der Waals surface area contributed by atoms with Gasteiger partial charge in [0.2, 0.25) is 0 Å². The van der Waals surface area contributed by atoms with Gasteiger partial charge in [-0.2, -0.15) is 0 Å². The van der Waals surface area contributed by atoms with Crippen molar-refractivity contribution in [2.24, 2.45) is 0 Å². The van der Waals surface area contributed by atoms with Crippen molar-refractivity contribution in [1.29, 1.82) is 0 Å². The van der Waals surface area contributed by atoms with E-state index in [0.717, 1.165) is 0 Å². The molecule has 0 aliphatic carbocycles. The predicted molar refractivity (Wildman–Crippen MR) is 107 cm³/mol. The zero-order valence-electron chi connectivity index (χ0n) is 16.1. The number of hydrogen-bond acceptors (Lipinski definition) is 0. The van der Waals surface area contributed by atoms with E-state index in [9.17, 15) is 0 Å². The van der Waals surface area contributed by atoms with Gasteiger partial charge in [-0.15, -0.1) is 0 Å². The topological polar surface area (TPSA) is 0 Å². The molecule has 0 radical (unpaired) electrons. The fourth-order valence-corrected chi connectivity index (χ4v) is 112. The van der Waals surface area contributed by atoms with Crippen LogP contribution < -0.4 is 0 Å². The maximum absolute atomic E-state index is 2.72. The maximum atomic E-state index is 2.72. The summed E-state index contributed by atoms with van der Waals surface area (Å²) in [6.07, 6.45) is 0. The Morgan fingerprint density at radius 2 is 0.650 bits per heavy atom. The first kappa shape index (κ1) is 22.1. The number of hydrogen-bond donors (Lipinski definition) is 0. The quantitative estimate of drug-likeness (QED) is 0.417. The first-order valence-corrected chi connectivity index (χ1v) is 30.7. The summed E-state index contributed by atoms with van der Waals surface area (Å²) in [6, 6.07) is 0. The summed E-state index contributed by atoms with van der Waals surface area (Å²) in [5, 5.41) is 0. The second-order valence-electron chi connectivity index (χ2n) is 10.7. The second kappa shape index (κ2) is 6.92. The van der Waals surface area contributed by atoms with Gasteiger partial charge in [0.15, 0.2) is 0 Å². The van der Waals surface area contributed by atoms with Gasteiger partial charge in [-0.25, -0.2) is 0 Å². The van der Waals surface area contributed by atoms with Gasteiger partial charge in [0.05, 0.1) is 0 Å². The molecule has 0 unspecified atom stereocenters. The Kier molecular flexibility index (Phi) is 7.64. The summed E-state index contributed by atoms with van der Waals surface area (Å²) >= 11 is 1.72. The van der Waals surface area contributed by atoms with E-state index in [4.69, 9.17) is 0 Å². The molecule has 0 saturated carbocycles. The van der Waals surface area contributed by atoms with Gasteiger partial charge in [-0.1, -0.05) is 0 Å². The molecule has 0 rings (SSSR count). The summed E-state index contributed by atoms with van der Waals surface area (Å²) in [7, 11) is -4.09. The molecule has 0 saturated heterocycles. The summed E-state index contributed by atoms with van der Waals surface area (Å²) in [5.41, 5.74) is 0. The molecular formula is C14H38GeMoSi4. The van der Waals surface area contributed by atoms with Crippen LogP contribution in [0, 0.1) is 0 Å². The zero-order valence-corrected chi connectivity index (χ0v) is 24.2. The zero-order chi connectivity index (χ0) is 16.7. The molecule has 120 valence electrons. The Labute approximate surface area is 146 Å². The minimum atomic E-state index is -1.02. The fraction of sp³-hybridized carbons (Fsp3) is 1.00. The molecule has 0 aromatic heterocycles. The molecule has 0 fully saturated rings. The molecule has 6 heteroatoms. The van der Waals surface area contributed by atoms with Gasteiger partial charge < -0.3 is 0 Å². The van der Waals surface area contributed by atoms with Crippen LogP contribution in [0.1, 0.15) is 0 Å². The normalized spacial score (nSPS) is 15.1. The van der Waals surface area contributed by atoms with Crippen LogP contribution >= 0.6 is 0 Å². The van der Waals surface area contributed by atoms with E-state index in [1.807, 2.05) is 0 Å². The molecule has 0 aliphatic rings. The molecule has 0 nitrogen and oxygen atoms in total. The SMILES string of the molecule is C[Si](C)(C)[CH]([Ge](=[Mo])[CH]([Si](C)(C)C)[Si](C)(C)C)[Si](C)(C)C. The molecule has 0 aromatic rings. The van der Waals surface area contributed by atoms with Crippen molar-refractivity contribution in [2.75, 3.05) is 0 Å². The van der Waals surface area contributed by atoms with Crippen molar-refractivity contribution < 1.29 is 17.0 Å². The van der Waals surface area contributed by atoms with Gasteiger partial charge in [-0.3, -0.25) is 0 Å². The first-order chi connectivity index (χ1) is 8.40. The Balaban J connectivity index is 5.89. The molecule has 0 aliphatic heterocycles. The van der Waals surface area contributed by atoms with Crippen LogP contribution in [-0.4, -0.2) is 43.4 Å². The first-order valence-electron chi connectivity index (χ1n) is 7.94. The van der Waals surface area contributed by atoms with Crippen molar-refractivity contribution in [2.45, 2.75) is 86.6 Å². The van der Waals surface area contributed by atoms with Crippen LogP contribution in [0.4, 0.5) is 0 Å². The molecule has 0 heterocycles. The van der Waals surface area contributed by atoms with Crippen molar-refractivity contribution in [3.05, 3.63) is 0 Å². The monoisotopic (exact) mass is 490 g/mol. The van der Waals surface area contributed by atoms with E-state index in [0.29, 0.717) is 0 Å². The van der Waals surface area contributed by atoms with E-state index in [1.54, 1.807) is 0 Å². The minimum absolute atomic E-state index is 1.00. The van der Waals surface area contributed by atoms with Crippen LogP contribution in [0.2, 0.25) is 86.6 Å². The summed E-state index contributed by atoms with van der Waals surface area (Å²) in [4.78, 5) is 0. The molecule has 0 spiro atoms. The molecule has 0 bridgehead atoms. The van der Waals surface area contributed by atoms with Crippen LogP contribution in [0.25, 0.3) is 0 Å². The Bertz CT molecular complexity index is 293. The standard InChI is InChI=1S/C14H38GeSi4.Mo/c1-16(2,3)13(17(4,5)6)15-14(18(7,8)9)19(10,11)12;/h13-14H,1-12H3;. The van der Waals surface area contributed by atoms with E-state index >= 15 is 0 Å². The molecule has 0 aromatic carbocycles. The van der Waals surface area contributed by atoms with Gasteiger partial charge in [0, 0.05) is 0 Å². The second-order valence-corrected chi connectivity index (χ2v) is 48.1. The van der Waals surface area contributed by atoms with Crippen LogP contribution in [-0.2, 0) is 17.0 Å². The van der Waals surface area contributed by atoms with Crippen LogP contribution in [0.15, 0.2) is 0 Å². The third-order valence-electron chi connectivity index (χ3n) is 4.03. The average molecular weight is 487 g/mol. The summed E-state index contributed by atoms with van der Waals surface area (Å²) in [6.45, 7) is 32.0. The molecular weight excluding hydrogens is 449 g/mol. The summed E-state index contributed by atoms with van der Waals surface area (Å²) in [5.74, 6) is 0. The Morgan fingerprint density at radius 3 is 0.750 bits per heavy atom. The molecule has 0 atom stereocenters. The number of rotatable bonds is 6. The van der Waals surface area contributed by atoms with E-state index in [-0.39, 0.29) is 0 Å². The van der Waals surface area contributed by atoms with E-state index in [2.05, 4.69) is 95.6 Å². The van der Waals surface area contributed by atoms with Gasteiger partial charge in [0.1, 0.15) is 0 Å². The van der Waals surface area contributed by atoms with Gasteiger partial charge >= 0.3 is 147 Å². The van der Waals surface area contributed by atoms with Crippen molar-refractivity contribution in [3.8, 4) is 0 Å². The molecule has 20 heavy (non-hydrogen) atoms. The Hall–Kier alpha value is 2.10. The Morgan fingerprint density at radius 1 is 0.500 bits per heavy atom. The summed E-state index contributed by atoms with van der Waals surface area (Å²) < 4.78 is 2.45. The van der Waals surface area contributed by atoms with Crippen molar-refractivity contribution in [1.82, 2.24) is 0 Å². The third-order valence-corrected chi connectivity index (χ3v) is 69.5. The third kappa shape index (κ3) is 6.31. The molecule has 0 amide bonds. The fourth-order valence-electron chi connectivity index (χ4n) is 4.47. The van der Waals surface area contributed by atoms with Crippen molar-refractivity contribution in [3.63, 3.8) is 0 Å². The van der Waals surface area contributed by atoms with Crippen molar-refractivity contribution >= 4 is 43.4 Å². The predicted octanol–water partition coefficient (Wildman–Crippen LogP) is 5.77. The van der Waals surface area contributed by atoms with Crippen LogP contribution in [0.3, 0.4) is 0 Å². The van der Waals surface area contributed by atoms with Gasteiger partial charge in [-0.05, 0) is 0 Å². The van der Waals surface area contributed by atoms with Gasteiger partial charge in [0.25, 0.3) is 0 Å². The van der Waals surface area contributed by atoms with E-state index in [1.165, 1.54) is 7.99 Å². The average Bonchev–Trinajstić information content (AvgIpc) is 1.88. The van der Waals surface area contributed by atoms with E-state index < -0.39 is 43.4 Å².